The smallest absolute Gasteiger partial charge is 0.290 e. The van der Waals surface area contributed by atoms with Gasteiger partial charge in [-0.1, -0.05) is 23.7 Å². The van der Waals surface area contributed by atoms with Crippen molar-refractivity contribution in [2.24, 2.45) is 0 Å². The van der Waals surface area contributed by atoms with Crippen LogP contribution in [0.2, 0.25) is 5.02 Å². The molecule has 1 aliphatic rings. The van der Waals surface area contributed by atoms with Gasteiger partial charge in [0.05, 0.1) is 0 Å². The number of piperazine rings is 1. The predicted octanol–water partition coefficient (Wildman–Crippen LogP) is 1.25. The Labute approximate surface area is 157 Å². The van der Waals surface area contributed by atoms with Gasteiger partial charge in [0, 0.05) is 63.1 Å². The van der Waals surface area contributed by atoms with Crippen molar-refractivity contribution in [1.82, 2.24) is 20.2 Å². The van der Waals surface area contributed by atoms with E-state index in [0.717, 1.165) is 31.7 Å². The second kappa shape index (κ2) is 8.82. The van der Waals surface area contributed by atoms with Crippen LogP contribution in [0.15, 0.2) is 41.5 Å². The van der Waals surface area contributed by atoms with Crippen molar-refractivity contribution in [3.05, 3.63) is 57.6 Å². The molecule has 2 N–H and O–H groups in total. The van der Waals surface area contributed by atoms with Gasteiger partial charge in [0.2, 0.25) is 5.91 Å². The molecule has 1 amide bonds. The van der Waals surface area contributed by atoms with Crippen LogP contribution in [0.25, 0.3) is 0 Å². The first-order valence-electron chi connectivity index (χ1n) is 8.64. The lowest BCUT2D eigenvalue weighted by Gasteiger charge is -2.34. The first-order chi connectivity index (χ1) is 12.6. The number of halogens is 1. The average molecular weight is 376 g/mol. The highest BCUT2D eigenvalue weighted by atomic mass is 35.5. The number of H-pyrrole nitrogens is 1. The third-order valence-electron chi connectivity index (χ3n) is 4.39. The van der Waals surface area contributed by atoms with Gasteiger partial charge in [-0.25, -0.2) is 4.98 Å². The maximum atomic E-state index is 12.0. The molecule has 0 atom stereocenters. The van der Waals surface area contributed by atoms with Gasteiger partial charge in [0.25, 0.3) is 5.56 Å². The van der Waals surface area contributed by atoms with Crippen molar-refractivity contribution >= 4 is 23.3 Å². The highest BCUT2D eigenvalue weighted by Crippen LogP contribution is 2.11. The molecule has 0 aliphatic carbocycles. The van der Waals surface area contributed by atoms with E-state index in [4.69, 9.17) is 11.6 Å². The van der Waals surface area contributed by atoms with E-state index < -0.39 is 0 Å². The molecule has 1 saturated heterocycles. The average Bonchev–Trinajstić information content (AvgIpc) is 2.66. The second-order valence-electron chi connectivity index (χ2n) is 6.23. The molecule has 1 aliphatic heterocycles. The molecule has 1 aromatic carbocycles. The Morgan fingerprint density at radius 2 is 2.08 bits per heavy atom. The highest BCUT2D eigenvalue weighted by molar-refractivity contribution is 6.30. The normalized spacial score (nSPS) is 15.0. The summed E-state index contributed by atoms with van der Waals surface area (Å²) in [6, 6.07) is 7.46. The van der Waals surface area contributed by atoms with Crippen LogP contribution in [0.3, 0.4) is 0 Å². The molecule has 0 spiro atoms. The number of hydrogen-bond donors (Lipinski definition) is 2. The molecule has 138 valence electrons. The number of benzene rings is 1. The van der Waals surface area contributed by atoms with Gasteiger partial charge < -0.3 is 15.2 Å². The van der Waals surface area contributed by atoms with E-state index in [-0.39, 0.29) is 11.5 Å². The number of hydrogen-bond acceptors (Lipinski definition) is 5. The monoisotopic (exact) mass is 375 g/mol. The molecule has 1 aromatic heterocycles. The number of aromatic amines is 1. The zero-order valence-electron chi connectivity index (χ0n) is 14.4. The lowest BCUT2D eigenvalue weighted by Crippen LogP contribution is -2.48. The molecule has 0 unspecified atom stereocenters. The van der Waals surface area contributed by atoms with E-state index in [1.807, 2.05) is 29.2 Å². The number of carbonyl (C=O) groups is 1. The fourth-order valence-electron chi connectivity index (χ4n) is 2.95. The van der Waals surface area contributed by atoms with Crippen molar-refractivity contribution in [3.63, 3.8) is 0 Å². The molecule has 0 bridgehead atoms. The topological polar surface area (TPSA) is 81.3 Å². The fourth-order valence-corrected chi connectivity index (χ4v) is 3.16. The fraction of sp³-hybridized carbons (Fsp3) is 0.389. The summed E-state index contributed by atoms with van der Waals surface area (Å²) in [5.41, 5.74) is 0.821. The number of rotatable bonds is 6. The Kier molecular flexibility index (Phi) is 6.25. The first kappa shape index (κ1) is 18.4. The highest BCUT2D eigenvalue weighted by Gasteiger charge is 2.20. The van der Waals surface area contributed by atoms with E-state index in [2.05, 4.69) is 20.2 Å². The number of amides is 1. The summed E-state index contributed by atoms with van der Waals surface area (Å²) >= 11 is 5.94. The van der Waals surface area contributed by atoms with Crippen LogP contribution in [0, 0.1) is 0 Å². The Balaban J connectivity index is 1.39. The van der Waals surface area contributed by atoms with Crippen LogP contribution < -0.4 is 15.8 Å². The van der Waals surface area contributed by atoms with Crippen LogP contribution in [-0.4, -0.2) is 53.5 Å². The molecule has 3 rings (SSSR count). The van der Waals surface area contributed by atoms with Gasteiger partial charge in [0.1, 0.15) is 0 Å². The van der Waals surface area contributed by atoms with Crippen molar-refractivity contribution in [2.45, 2.75) is 13.0 Å². The second-order valence-corrected chi connectivity index (χ2v) is 6.66. The molecule has 2 heterocycles. The molecular weight excluding hydrogens is 354 g/mol. The van der Waals surface area contributed by atoms with Gasteiger partial charge in [-0.3, -0.25) is 14.5 Å². The summed E-state index contributed by atoms with van der Waals surface area (Å²) < 4.78 is 0. The molecule has 2 aromatic rings. The number of aromatic nitrogens is 2. The summed E-state index contributed by atoms with van der Waals surface area (Å²) in [6.45, 7) is 4.24. The van der Waals surface area contributed by atoms with Gasteiger partial charge in [-0.05, 0) is 17.7 Å². The van der Waals surface area contributed by atoms with E-state index in [1.165, 1.54) is 6.20 Å². The van der Waals surface area contributed by atoms with Crippen molar-refractivity contribution < 1.29 is 4.79 Å². The quantitative estimate of drug-likeness (QED) is 0.794. The molecule has 26 heavy (non-hydrogen) atoms. The summed E-state index contributed by atoms with van der Waals surface area (Å²) in [7, 11) is 0. The third kappa shape index (κ3) is 5.06. The lowest BCUT2D eigenvalue weighted by molar-refractivity contribution is -0.121. The van der Waals surface area contributed by atoms with Crippen LogP contribution in [0.5, 0.6) is 0 Å². The minimum Gasteiger partial charge on any atom is -0.352 e. The Hall–Kier alpha value is -2.38. The van der Waals surface area contributed by atoms with Crippen molar-refractivity contribution in [2.75, 3.05) is 37.6 Å². The molecular formula is C18H22ClN5O2. The van der Waals surface area contributed by atoms with Crippen LogP contribution in [-0.2, 0) is 11.3 Å². The largest absolute Gasteiger partial charge is 0.352 e. The van der Waals surface area contributed by atoms with E-state index in [0.29, 0.717) is 30.4 Å². The number of nitrogens with zero attached hydrogens (tertiary/aromatic N) is 3. The Morgan fingerprint density at radius 3 is 2.81 bits per heavy atom. The Morgan fingerprint density at radius 1 is 1.27 bits per heavy atom. The summed E-state index contributed by atoms with van der Waals surface area (Å²) in [5, 5.41) is 3.59. The SMILES string of the molecule is O=C(CCN1CCN(c2ncc[nH]c2=O)CC1)NCc1cccc(Cl)c1. The lowest BCUT2D eigenvalue weighted by atomic mass is 10.2. The van der Waals surface area contributed by atoms with Crippen molar-refractivity contribution in [3.8, 4) is 0 Å². The summed E-state index contributed by atoms with van der Waals surface area (Å²) in [6.07, 6.45) is 3.57. The maximum absolute atomic E-state index is 12.0. The number of nitrogens with one attached hydrogen (secondary N) is 2. The van der Waals surface area contributed by atoms with Gasteiger partial charge >= 0.3 is 0 Å². The van der Waals surface area contributed by atoms with Gasteiger partial charge in [0.15, 0.2) is 5.82 Å². The molecule has 1 fully saturated rings. The Bertz CT molecular complexity index is 802. The third-order valence-corrected chi connectivity index (χ3v) is 4.63. The maximum Gasteiger partial charge on any atom is 0.290 e. The molecule has 7 nitrogen and oxygen atoms in total. The van der Waals surface area contributed by atoms with Gasteiger partial charge in [-0.15, -0.1) is 0 Å². The van der Waals surface area contributed by atoms with Crippen LogP contribution in [0.4, 0.5) is 5.82 Å². The minimum atomic E-state index is -0.165. The molecule has 0 saturated carbocycles. The van der Waals surface area contributed by atoms with E-state index in [9.17, 15) is 9.59 Å². The van der Waals surface area contributed by atoms with Crippen LogP contribution >= 0.6 is 11.6 Å². The minimum absolute atomic E-state index is 0.0218. The van der Waals surface area contributed by atoms with E-state index >= 15 is 0 Å². The van der Waals surface area contributed by atoms with Gasteiger partial charge in [-0.2, -0.15) is 0 Å². The molecule has 0 radical (unpaired) electrons. The zero-order chi connectivity index (χ0) is 18.4. The first-order valence-corrected chi connectivity index (χ1v) is 9.02. The molecule has 8 heteroatoms. The van der Waals surface area contributed by atoms with E-state index in [1.54, 1.807) is 6.20 Å². The standard InChI is InChI=1S/C18H22ClN5O2/c19-15-3-1-2-14(12-15)13-22-16(25)4-7-23-8-10-24(11-9-23)17-18(26)21-6-5-20-17/h1-3,5-6,12H,4,7-11,13H2,(H,21,26)(H,22,25). The number of anilines is 1. The zero-order valence-corrected chi connectivity index (χ0v) is 15.2. The summed E-state index contributed by atoms with van der Waals surface area (Å²) in [4.78, 5) is 34.8. The van der Waals surface area contributed by atoms with Crippen LogP contribution in [0.1, 0.15) is 12.0 Å². The number of carbonyl (C=O) groups excluding carboxylic acids is 1. The predicted molar refractivity (Wildman–Crippen MR) is 101 cm³/mol. The van der Waals surface area contributed by atoms with Crippen molar-refractivity contribution in [1.29, 1.82) is 0 Å². The summed E-state index contributed by atoms with van der Waals surface area (Å²) in [5.74, 6) is 0.486.